The first-order chi connectivity index (χ1) is 13.2. The highest BCUT2D eigenvalue weighted by molar-refractivity contribution is 5.79. The van der Waals surface area contributed by atoms with E-state index in [1.165, 1.54) is 5.56 Å². The summed E-state index contributed by atoms with van der Waals surface area (Å²) in [6.07, 6.45) is 4.18. The molecule has 140 valence electrons. The summed E-state index contributed by atoms with van der Waals surface area (Å²) in [5.74, 6) is 0.248. The zero-order valence-corrected chi connectivity index (χ0v) is 15.5. The number of benzene rings is 1. The Morgan fingerprint density at radius 1 is 1.22 bits per heavy atom. The van der Waals surface area contributed by atoms with Crippen molar-refractivity contribution in [2.24, 2.45) is 5.92 Å². The van der Waals surface area contributed by atoms with Gasteiger partial charge in [-0.15, -0.1) is 10.2 Å². The number of carbonyl (C=O) groups excluding carboxylic acids is 1. The van der Waals surface area contributed by atoms with E-state index in [-0.39, 0.29) is 11.8 Å². The molecular formula is C20H24N6O. The second-order valence-electron chi connectivity index (χ2n) is 7.06. The van der Waals surface area contributed by atoms with Crippen LogP contribution in [0.5, 0.6) is 0 Å². The standard InChI is InChI=1S/C20H24N6O/c1-15-13-18(19-23-22-14-26(19)24-15)25-11-8-17(9-12-25)20(27)21-10-7-16-5-3-2-4-6-16/h2-6,13-14,17H,7-12H2,1H3,(H,21,27). The van der Waals surface area contributed by atoms with E-state index in [2.05, 4.69) is 37.6 Å². The summed E-state index contributed by atoms with van der Waals surface area (Å²) in [6.45, 7) is 4.33. The van der Waals surface area contributed by atoms with Gasteiger partial charge in [-0.25, -0.2) is 0 Å². The molecule has 1 aliphatic heterocycles. The number of nitrogens with one attached hydrogen (secondary N) is 1. The highest BCUT2D eigenvalue weighted by Crippen LogP contribution is 2.26. The van der Waals surface area contributed by atoms with Gasteiger partial charge in [-0.05, 0) is 37.8 Å². The van der Waals surface area contributed by atoms with E-state index in [4.69, 9.17) is 0 Å². The van der Waals surface area contributed by atoms with Crippen molar-refractivity contribution in [2.75, 3.05) is 24.5 Å². The minimum Gasteiger partial charge on any atom is -0.368 e. The van der Waals surface area contributed by atoms with E-state index in [0.717, 1.165) is 49.4 Å². The molecule has 1 N–H and O–H groups in total. The zero-order valence-electron chi connectivity index (χ0n) is 15.5. The summed E-state index contributed by atoms with van der Waals surface area (Å²) in [4.78, 5) is 14.8. The number of hydrogen-bond acceptors (Lipinski definition) is 5. The SMILES string of the molecule is Cc1cc(N2CCC(C(=O)NCCc3ccccc3)CC2)c2nncn2n1. The molecule has 0 radical (unpaired) electrons. The molecule has 1 saturated heterocycles. The molecule has 0 spiro atoms. The number of carbonyl (C=O) groups is 1. The molecule has 4 rings (SSSR count). The first-order valence-corrected chi connectivity index (χ1v) is 9.45. The third-order valence-electron chi connectivity index (χ3n) is 5.13. The highest BCUT2D eigenvalue weighted by Gasteiger charge is 2.26. The van der Waals surface area contributed by atoms with Crippen molar-refractivity contribution < 1.29 is 4.79 Å². The summed E-state index contributed by atoms with van der Waals surface area (Å²) in [6, 6.07) is 12.3. The van der Waals surface area contributed by atoms with Crippen molar-refractivity contribution >= 4 is 17.2 Å². The third-order valence-corrected chi connectivity index (χ3v) is 5.13. The molecule has 1 fully saturated rings. The van der Waals surface area contributed by atoms with E-state index < -0.39 is 0 Å². The van der Waals surface area contributed by atoms with Crippen LogP contribution >= 0.6 is 0 Å². The van der Waals surface area contributed by atoms with Crippen molar-refractivity contribution in [1.29, 1.82) is 0 Å². The molecule has 0 unspecified atom stereocenters. The number of fused-ring (bicyclic) bond motifs is 1. The molecule has 0 bridgehead atoms. The van der Waals surface area contributed by atoms with Gasteiger partial charge in [0.05, 0.1) is 11.4 Å². The maximum absolute atomic E-state index is 12.5. The van der Waals surface area contributed by atoms with Gasteiger partial charge < -0.3 is 10.2 Å². The van der Waals surface area contributed by atoms with E-state index in [1.807, 2.05) is 31.2 Å². The first kappa shape index (κ1) is 17.5. The lowest BCUT2D eigenvalue weighted by Gasteiger charge is -2.33. The number of amides is 1. The molecule has 7 nitrogen and oxygen atoms in total. The van der Waals surface area contributed by atoms with Gasteiger partial charge in [0.2, 0.25) is 11.6 Å². The number of aromatic nitrogens is 4. The predicted octanol–water partition coefficient (Wildman–Crippen LogP) is 2.01. The quantitative estimate of drug-likeness (QED) is 0.749. The van der Waals surface area contributed by atoms with E-state index in [0.29, 0.717) is 6.54 Å². The Kier molecular flexibility index (Phi) is 5.00. The molecule has 7 heteroatoms. The molecule has 1 aliphatic rings. The number of piperidine rings is 1. The minimum atomic E-state index is 0.0776. The highest BCUT2D eigenvalue weighted by atomic mass is 16.1. The fourth-order valence-corrected chi connectivity index (χ4v) is 3.67. The van der Waals surface area contributed by atoms with Gasteiger partial charge in [-0.1, -0.05) is 30.3 Å². The lowest BCUT2D eigenvalue weighted by atomic mass is 9.95. The summed E-state index contributed by atoms with van der Waals surface area (Å²) in [5.41, 5.74) is 3.99. The van der Waals surface area contributed by atoms with Crippen molar-refractivity contribution in [1.82, 2.24) is 25.1 Å². The van der Waals surface area contributed by atoms with Crippen LogP contribution in [0.1, 0.15) is 24.1 Å². The molecule has 3 heterocycles. The molecule has 1 aromatic carbocycles. The monoisotopic (exact) mass is 364 g/mol. The normalized spacial score (nSPS) is 15.2. The average Bonchev–Trinajstić information content (AvgIpc) is 3.16. The van der Waals surface area contributed by atoms with E-state index in [1.54, 1.807) is 10.8 Å². The number of aryl methyl sites for hydroxylation is 1. The molecular weight excluding hydrogens is 340 g/mol. The van der Waals surface area contributed by atoms with Gasteiger partial charge in [0.15, 0.2) is 0 Å². The van der Waals surface area contributed by atoms with Crippen LogP contribution in [0, 0.1) is 12.8 Å². The molecule has 1 amide bonds. The van der Waals surface area contributed by atoms with Gasteiger partial charge in [-0.3, -0.25) is 4.79 Å². The van der Waals surface area contributed by atoms with Crippen LogP contribution in [-0.2, 0) is 11.2 Å². The van der Waals surface area contributed by atoms with Crippen molar-refractivity contribution in [3.05, 3.63) is 54.0 Å². The number of rotatable bonds is 5. The Bertz CT molecular complexity index is 915. The topological polar surface area (TPSA) is 75.4 Å². The van der Waals surface area contributed by atoms with Gasteiger partial charge in [0.1, 0.15) is 6.33 Å². The van der Waals surface area contributed by atoms with Crippen LogP contribution in [0.25, 0.3) is 5.65 Å². The van der Waals surface area contributed by atoms with Gasteiger partial charge in [0, 0.05) is 25.6 Å². The van der Waals surface area contributed by atoms with Gasteiger partial charge in [0.25, 0.3) is 0 Å². The van der Waals surface area contributed by atoms with Crippen molar-refractivity contribution in [3.8, 4) is 0 Å². The fraction of sp³-hybridized carbons (Fsp3) is 0.400. The van der Waals surface area contributed by atoms with Gasteiger partial charge >= 0.3 is 0 Å². The zero-order chi connectivity index (χ0) is 18.6. The van der Waals surface area contributed by atoms with Crippen LogP contribution in [-0.4, -0.2) is 45.4 Å². The van der Waals surface area contributed by atoms with Crippen molar-refractivity contribution in [3.63, 3.8) is 0 Å². The second kappa shape index (κ2) is 7.73. The second-order valence-corrected chi connectivity index (χ2v) is 7.06. The molecule has 27 heavy (non-hydrogen) atoms. The van der Waals surface area contributed by atoms with Gasteiger partial charge in [-0.2, -0.15) is 9.61 Å². The maximum Gasteiger partial charge on any atom is 0.223 e. The predicted molar refractivity (Wildman–Crippen MR) is 104 cm³/mol. The Morgan fingerprint density at radius 3 is 2.78 bits per heavy atom. The van der Waals surface area contributed by atoms with Crippen molar-refractivity contribution in [2.45, 2.75) is 26.2 Å². The summed E-state index contributed by atoms with van der Waals surface area (Å²) < 4.78 is 1.72. The third kappa shape index (κ3) is 3.92. The fourth-order valence-electron chi connectivity index (χ4n) is 3.67. The molecule has 0 saturated carbocycles. The summed E-state index contributed by atoms with van der Waals surface area (Å²) >= 11 is 0. The van der Waals surface area contributed by atoms with Crippen LogP contribution < -0.4 is 10.2 Å². The van der Waals surface area contributed by atoms with Crippen LogP contribution in [0.3, 0.4) is 0 Å². The number of hydrogen-bond donors (Lipinski definition) is 1. The average molecular weight is 364 g/mol. The Morgan fingerprint density at radius 2 is 2.00 bits per heavy atom. The largest absolute Gasteiger partial charge is 0.368 e. The Labute approximate surface area is 158 Å². The summed E-state index contributed by atoms with van der Waals surface area (Å²) in [5, 5.41) is 15.6. The Balaban J connectivity index is 1.32. The smallest absolute Gasteiger partial charge is 0.223 e. The molecule has 0 aliphatic carbocycles. The van der Waals surface area contributed by atoms with E-state index >= 15 is 0 Å². The molecule has 2 aromatic heterocycles. The number of nitrogens with zero attached hydrogens (tertiary/aromatic N) is 5. The lowest BCUT2D eigenvalue weighted by molar-refractivity contribution is -0.125. The minimum absolute atomic E-state index is 0.0776. The molecule has 0 atom stereocenters. The first-order valence-electron chi connectivity index (χ1n) is 9.45. The molecule has 3 aromatic rings. The number of anilines is 1. The lowest BCUT2D eigenvalue weighted by Crippen LogP contribution is -2.41. The van der Waals surface area contributed by atoms with Crippen LogP contribution in [0.15, 0.2) is 42.7 Å². The Hall–Kier alpha value is -2.96. The van der Waals surface area contributed by atoms with Crippen LogP contribution in [0.2, 0.25) is 0 Å². The van der Waals surface area contributed by atoms with E-state index in [9.17, 15) is 4.79 Å². The summed E-state index contributed by atoms with van der Waals surface area (Å²) in [7, 11) is 0. The maximum atomic E-state index is 12.5. The van der Waals surface area contributed by atoms with Crippen LogP contribution in [0.4, 0.5) is 5.69 Å².